The van der Waals surface area contributed by atoms with E-state index in [-0.39, 0.29) is 16.6 Å². The lowest BCUT2D eigenvalue weighted by Gasteiger charge is -2.06. The van der Waals surface area contributed by atoms with Gasteiger partial charge < -0.3 is 15.6 Å². The Bertz CT molecular complexity index is 636. The maximum absolute atomic E-state index is 13.6. The molecule has 7 heteroatoms. The fourth-order valence-electron chi connectivity index (χ4n) is 1.79. The monoisotopic (exact) mass is 268 g/mol. The van der Waals surface area contributed by atoms with Gasteiger partial charge in [0.15, 0.2) is 11.6 Å². The highest BCUT2D eigenvalue weighted by molar-refractivity contribution is 6.04. The molecule has 19 heavy (non-hydrogen) atoms. The number of fused-ring (bicyclic) bond motifs is 1. The van der Waals surface area contributed by atoms with Gasteiger partial charge in [0.2, 0.25) is 0 Å². The zero-order valence-electron chi connectivity index (χ0n) is 10.6. The first kappa shape index (κ1) is 13.4. The van der Waals surface area contributed by atoms with Gasteiger partial charge in [-0.15, -0.1) is 0 Å². The lowest BCUT2D eigenvalue weighted by molar-refractivity contribution is 0.100. The summed E-state index contributed by atoms with van der Waals surface area (Å²) in [7, 11) is 3.77. The third-order valence-electron chi connectivity index (χ3n) is 2.77. The number of hydrogen-bond donors (Lipinski definition) is 2. The van der Waals surface area contributed by atoms with Crippen molar-refractivity contribution in [3.63, 3.8) is 0 Å². The summed E-state index contributed by atoms with van der Waals surface area (Å²) in [5.41, 5.74) is 4.96. The van der Waals surface area contributed by atoms with Gasteiger partial charge in [0.1, 0.15) is 16.9 Å². The van der Waals surface area contributed by atoms with Crippen molar-refractivity contribution in [1.29, 1.82) is 0 Å². The van der Waals surface area contributed by atoms with Gasteiger partial charge in [-0.25, -0.2) is 13.8 Å². The van der Waals surface area contributed by atoms with Gasteiger partial charge in [-0.3, -0.25) is 4.79 Å². The molecule has 0 saturated heterocycles. The van der Waals surface area contributed by atoms with E-state index < -0.39 is 17.5 Å². The minimum atomic E-state index is -1.12. The molecule has 0 spiro atoms. The number of benzene rings is 1. The van der Waals surface area contributed by atoms with E-state index in [1.807, 2.05) is 19.0 Å². The van der Waals surface area contributed by atoms with E-state index >= 15 is 0 Å². The highest BCUT2D eigenvalue weighted by atomic mass is 19.2. The molecule has 0 atom stereocenters. The van der Waals surface area contributed by atoms with Crippen molar-refractivity contribution in [2.45, 2.75) is 6.42 Å². The Morgan fingerprint density at radius 1 is 1.47 bits per heavy atom. The fraction of sp³-hybridized carbons (Fsp3) is 0.333. The summed E-state index contributed by atoms with van der Waals surface area (Å²) in [5.74, 6) is -2.53. The van der Waals surface area contributed by atoms with Crippen LogP contribution in [0.3, 0.4) is 0 Å². The molecule has 1 amide bonds. The molecule has 3 N–H and O–H groups in total. The summed E-state index contributed by atoms with van der Waals surface area (Å²) >= 11 is 0. The van der Waals surface area contributed by atoms with Crippen molar-refractivity contribution in [3.05, 3.63) is 29.1 Å². The second kappa shape index (κ2) is 4.93. The molecular formula is C12H14F2N4O. The molecule has 0 bridgehead atoms. The van der Waals surface area contributed by atoms with Crippen LogP contribution in [-0.2, 0) is 6.42 Å². The third kappa shape index (κ3) is 2.55. The Morgan fingerprint density at radius 3 is 2.74 bits per heavy atom. The van der Waals surface area contributed by atoms with Crippen LogP contribution in [0.2, 0.25) is 0 Å². The molecule has 0 fully saturated rings. The van der Waals surface area contributed by atoms with Crippen molar-refractivity contribution in [2.24, 2.45) is 5.73 Å². The van der Waals surface area contributed by atoms with Crippen LogP contribution >= 0.6 is 0 Å². The molecule has 0 radical (unpaired) electrons. The number of nitrogens with one attached hydrogen (secondary N) is 1. The van der Waals surface area contributed by atoms with E-state index in [9.17, 15) is 13.6 Å². The number of primary amides is 1. The maximum atomic E-state index is 13.6. The summed E-state index contributed by atoms with van der Waals surface area (Å²) in [6.45, 7) is 0.690. The summed E-state index contributed by atoms with van der Waals surface area (Å²) in [4.78, 5) is 20.0. The van der Waals surface area contributed by atoms with Gasteiger partial charge in [0.05, 0.1) is 5.56 Å². The number of rotatable bonds is 4. The Hall–Kier alpha value is -2.02. The molecule has 1 aromatic carbocycles. The summed E-state index contributed by atoms with van der Waals surface area (Å²) in [5, 5.41) is 0. The number of imidazole rings is 1. The van der Waals surface area contributed by atoms with Crippen molar-refractivity contribution in [3.8, 4) is 0 Å². The van der Waals surface area contributed by atoms with E-state index in [2.05, 4.69) is 9.97 Å². The quantitative estimate of drug-likeness (QED) is 0.870. The van der Waals surface area contributed by atoms with Crippen molar-refractivity contribution < 1.29 is 13.6 Å². The lowest BCUT2D eigenvalue weighted by atomic mass is 10.1. The Morgan fingerprint density at radius 2 is 2.16 bits per heavy atom. The van der Waals surface area contributed by atoms with Crippen molar-refractivity contribution in [1.82, 2.24) is 14.9 Å². The molecule has 2 aromatic rings. The van der Waals surface area contributed by atoms with Crippen LogP contribution in [0.1, 0.15) is 16.2 Å². The van der Waals surface area contributed by atoms with Crippen molar-refractivity contribution in [2.75, 3.05) is 20.6 Å². The summed E-state index contributed by atoms with van der Waals surface area (Å²) in [6.07, 6.45) is 0.529. The minimum Gasteiger partial charge on any atom is -0.366 e. The second-order valence-corrected chi connectivity index (χ2v) is 4.54. The standard InChI is InChI=1S/C12H14F2N4O/c1-18(2)4-3-8-16-10-6(12(15)19)5-7(13)9(14)11(10)17-8/h5H,3-4H2,1-2H3,(H2,15,19)(H,16,17). The van der Waals surface area contributed by atoms with Gasteiger partial charge in [-0.05, 0) is 20.2 Å². The maximum Gasteiger partial charge on any atom is 0.251 e. The second-order valence-electron chi connectivity index (χ2n) is 4.54. The van der Waals surface area contributed by atoms with E-state index in [0.717, 1.165) is 6.07 Å². The first-order chi connectivity index (χ1) is 8.90. The van der Waals surface area contributed by atoms with E-state index in [0.29, 0.717) is 18.8 Å². The highest BCUT2D eigenvalue weighted by Gasteiger charge is 2.19. The zero-order valence-corrected chi connectivity index (χ0v) is 10.6. The number of carbonyl (C=O) groups is 1. The molecule has 0 aliphatic rings. The number of H-pyrrole nitrogens is 1. The van der Waals surface area contributed by atoms with E-state index in [1.165, 1.54) is 0 Å². The molecule has 0 saturated carbocycles. The third-order valence-corrected chi connectivity index (χ3v) is 2.77. The van der Waals surface area contributed by atoms with Gasteiger partial charge in [0, 0.05) is 13.0 Å². The summed E-state index contributed by atoms with van der Waals surface area (Å²) in [6, 6.07) is 0.774. The topological polar surface area (TPSA) is 75.0 Å². The van der Waals surface area contributed by atoms with Crippen LogP contribution in [0.4, 0.5) is 8.78 Å². The zero-order chi connectivity index (χ0) is 14.2. The average Bonchev–Trinajstić information content (AvgIpc) is 2.75. The number of nitrogens with two attached hydrogens (primary N) is 1. The van der Waals surface area contributed by atoms with Gasteiger partial charge in [-0.1, -0.05) is 0 Å². The molecule has 1 heterocycles. The molecule has 1 aromatic heterocycles. The van der Waals surface area contributed by atoms with Gasteiger partial charge in [0.25, 0.3) is 5.91 Å². The predicted molar refractivity (Wildman–Crippen MR) is 66.8 cm³/mol. The highest BCUT2D eigenvalue weighted by Crippen LogP contribution is 2.22. The van der Waals surface area contributed by atoms with E-state index in [1.54, 1.807) is 0 Å². The van der Waals surface area contributed by atoms with Crippen LogP contribution in [-0.4, -0.2) is 41.4 Å². The van der Waals surface area contributed by atoms with Crippen molar-refractivity contribution >= 4 is 16.9 Å². The normalized spacial score (nSPS) is 11.4. The lowest BCUT2D eigenvalue weighted by Crippen LogP contribution is -2.15. The number of hydrogen-bond acceptors (Lipinski definition) is 3. The Balaban J connectivity index is 2.53. The molecular weight excluding hydrogens is 254 g/mol. The van der Waals surface area contributed by atoms with Crippen LogP contribution < -0.4 is 5.73 Å². The number of amides is 1. The summed E-state index contributed by atoms with van der Waals surface area (Å²) < 4.78 is 27.0. The SMILES string of the molecule is CN(C)CCc1nc2c(C(N)=O)cc(F)c(F)c2[nH]1. The predicted octanol–water partition coefficient (Wildman–Crippen LogP) is 1.04. The number of aromatic amines is 1. The molecule has 2 rings (SSSR count). The number of aromatic nitrogens is 2. The van der Waals surface area contributed by atoms with Gasteiger partial charge >= 0.3 is 0 Å². The van der Waals surface area contributed by atoms with Crippen LogP contribution in [0.25, 0.3) is 11.0 Å². The number of halogens is 2. The first-order valence-corrected chi connectivity index (χ1v) is 5.71. The van der Waals surface area contributed by atoms with Crippen LogP contribution in [0, 0.1) is 11.6 Å². The average molecular weight is 268 g/mol. The largest absolute Gasteiger partial charge is 0.366 e. The molecule has 0 aliphatic carbocycles. The Labute approximate surface area is 108 Å². The molecule has 102 valence electrons. The smallest absolute Gasteiger partial charge is 0.251 e. The molecule has 0 unspecified atom stereocenters. The number of nitrogens with zero attached hydrogens (tertiary/aromatic N) is 2. The van der Waals surface area contributed by atoms with E-state index in [4.69, 9.17) is 5.73 Å². The van der Waals surface area contributed by atoms with Crippen LogP contribution in [0.15, 0.2) is 6.07 Å². The molecule has 5 nitrogen and oxygen atoms in total. The molecule has 0 aliphatic heterocycles. The Kier molecular flexibility index (Phi) is 3.48. The number of likely N-dealkylation sites (N-methyl/N-ethyl adjacent to an activating group) is 1. The van der Waals surface area contributed by atoms with Gasteiger partial charge in [-0.2, -0.15) is 0 Å². The minimum absolute atomic E-state index is 0.0696. The van der Waals surface area contributed by atoms with Crippen LogP contribution in [0.5, 0.6) is 0 Å². The fourth-order valence-corrected chi connectivity index (χ4v) is 1.79. The number of carbonyl (C=O) groups excluding carboxylic acids is 1. The first-order valence-electron chi connectivity index (χ1n) is 5.71.